The molecule has 2 atom stereocenters. The van der Waals surface area contributed by atoms with Crippen molar-refractivity contribution in [1.29, 1.82) is 0 Å². The van der Waals surface area contributed by atoms with Crippen molar-refractivity contribution < 1.29 is 27.5 Å². The second kappa shape index (κ2) is 8.53. The first-order valence-corrected chi connectivity index (χ1v) is 12.2. The van der Waals surface area contributed by atoms with E-state index in [4.69, 9.17) is 4.74 Å². The summed E-state index contributed by atoms with van der Waals surface area (Å²) in [6.07, 6.45) is -0.0875. The number of likely N-dealkylation sites (tertiary alicyclic amines) is 1. The maximum atomic E-state index is 13.4. The molecule has 8 nitrogen and oxygen atoms in total. The minimum atomic E-state index is -4.62. The van der Waals surface area contributed by atoms with Crippen molar-refractivity contribution in [3.05, 3.63) is 59.3 Å². The van der Waals surface area contributed by atoms with Gasteiger partial charge in [-0.3, -0.25) is 9.59 Å². The Bertz CT molecular complexity index is 1240. The number of halogens is 3. The van der Waals surface area contributed by atoms with Crippen LogP contribution in [0.4, 0.5) is 13.2 Å². The Morgan fingerprint density at radius 3 is 2.38 bits per heavy atom. The molecule has 0 unspecified atom stereocenters. The van der Waals surface area contributed by atoms with Gasteiger partial charge in [0, 0.05) is 29.9 Å². The number of amides is 2. The molecule has 3 heterocycles. The van der Waals surface area contributed by atoms with Gasteiger partial charge in [0.1, 0.15) is 0 Å². The number of hydrogen-bond acceptors (Lipinski definition) is 6. The van der Waals surface area contributed by atoms with E-state index < -0.39 is 23.0 Å². The number of alkyl halides is 3. The molecule has 2 amide bonds. The zero-order valence-corrected chi connectivity index (χ0v) is 20.8. The summed E-state index contributed by atoms with van der Waals surface area (Å²) in [5.74, 6) is -0.230. The van der Waals surface area contributed by atoms with Crippen LogP contribution >= 0.6 is 0 Å². The van der Waals surface area contributed by atoms with Gasteiger partial charge < -0.3 is 15.0 Å². The molecule has 1 saturated carbocycles. The summed E-state index contributed by atoms with van der Waals surface area (Å²) in [5, 5.41) is 9.60. The lowest BCUT2D eigenvalue weighted by Gasteiger charge is -2.36. The molecule has 3 aliphatic rings. The maximum Gasteiger partial charge on any atom is 0.442 e. The van der Waals surface area contributed by atoms with Crippen LogP contribution in [0.5, 0.6) is 5.88 Å². The summed E-state index contributed by atoms with van der Waals surface area (Å²) in [5.41, 5.74) is -3.15. The smallest absolute Gasteiger partial charge is 0.442 e. The summed E-state index contributed by atoms with van der Waals surface area (Å²) in [6, 6.07) is 8.61. The molecule has 0 spiro atoms. The summed E-state index contributed by atoms with van der Waals surface area (Å²) in [6.45, 7) is 5.70. The van der Waals surface area contributed by atoms with Crippen molar-refractivity contribution in [1.82, 2.24) is 15.2 Å². The highest BCUT2D eigenvalue weighted by Crippen LogP contribution is 2.52. The molecule has 1 aromatic heterocycles. The van der Waals surface area contributed by atoms with Crippen LogP contribution in [0.1, 0.15) is 61.0 Å². The van der Waals surface area contributed by atoms with Crippen molar-refractivity contribution in [3.63, 3.8) is 0 Å². The van der Waals surface area contributed by atoms with Crippen LogP contribution < -0.4 is 10.1 Å². The van der Waals surface area contributed by atoms with Gasteiger partial charge in [0.15, 0.2) is 5.60 Å². The molecule has 196 valence electrons. The van der Waals surface area contributed by atoms with Gasteiger partial charge in [-0.1, -0.05) is 18.2 Å². The van der Waals surface area contributed by atoms with E-state index in [9.17, 15) is 22.8 Å². The molecule has 5 rings (SSSR count). The van der Waals surface area contributed by atoms with Gasteiger partial charge in [0.2, 0.25) is 5.88 Å². The SMILES string of the molecule is Cc1ccc(OC(C)(C)C(=O)N[C@@]23CCC[C@@H]2N(C(=O)c2ccc(C4(C(F)(F)F)N=N4)cc2)CC3)nc1. The third-order valence-electron chi connectivity index (χ3n) is 7.56. The Kier molecular flexibility index (Phi) is 5.80. The number of nitrogens with one attached hydrogen (secondary N) is 1. The molecule has 37 heavy (non-hydrogen) atoms. The number of aromatic nitrogens is 1. The van der Waals surface area contributed by atoms with Gasteiger partial charge in [0.05, 0.1) is 11.6 Å². The van der Waals surface area contributed by atoms with E-state index in [2.05, 4.69) is 20.5 Å². The maximum absolute atomic E-state index is 13.4. The minimum Gasteiger partial charge on any atom is -0.462 e. The average molecular weight is 516 g/mol. The summed E-state index contributed by atoms with van der Waals surface area (Å²) in [4.78, 5) is 32.6. The minimum absolute atomic E-state index is 0.120. The Morgan fingerprint density at radius 2 is 1.78 bits per heavy atom. The average Bonchev–Trinajstić information content (AvgIpc) is 3.47. The van der Waals surface area contributed by atoms with Crippen LogP contribution in [0.2, 0.25) is 0 Å². The van der Waals surface area contributed by atoms with Gasteiger partial charge in [-0.25, -0.2) is 4.98 Å². The number of benzene rings is 1. The molecule has 1 aliphatic carbocycles. The highest BCUT2D eigenvalue weighted by Gasteiger charge is 2.65. The Labute approximate surface area is 212 Å². The first kappa shape index (κ1) is 25.2. The second-order valence-electron chi connectivity index (χ2n) is 10.5. The van der Waals surface area contributed by atoms with E-state index in [0.717, 1.165) is 24.8 Å². The van der Waals surface area contributed by atoms with Gasteiger partial charge in [-0.05, 0) is 64.2 Å². The van der Waals surface area contributed by atoms with Crippen LogP contribution in [0, 0.1) is 6.92 Å². The molecular weight excluding hydrogens is 487 g/mol. The van der Waals surface area contributed by atoms with Gasteiger partial charge in [0.25, 0.3) is 11.8 Å². The molecule has 0 bridgehead atoms. The quantitative estimate of drug-likeness (QED) is 0.604. The fourth-order valence-electron chi connectivity index (χ4n) is 5.38. The van der Waals surface area contributed by atoms with Crippen LogP contribution in [0.15, 0.2) is 52.8 Å². The lowest BCUT2D eigenvalue weighted by molar-refractivity contribution is -0.166. The topological polar surface area (TPSA) is 96.2 Å². The van der Waals surface area contributed by atoms with E-state index in [0.29, 0.717) is 18.8 Å². The number of nitrogens with zero attached hydrogens (tertiary/aromatic N) is 4. The molecule has 1 saturated heterocycles. The summed E-state index contributed by atoms with van der Waals surface area (Å²) >= 11 is 0. The fraction of sp³-hybridized carbons (Fsp3) is 0.500. The summed E-state index contributed by atoms with van der Waals surface area (Å²) in [7, 11) is 0. The highest BCUT2D eigenvalue weighted by atomic mass is 19.4. The highest BCUT2D eigenvalue weighted by molar-refractivity contribution is 5.95. The zero-order valence-electron chi connectivity index (χ0n) is 20.8. The lowest BCUT2D eigenvalue weighted by atomic mass is 9.91. The van der Waals surface area contributed by atoms with Crippen molar-refractivity contribution in [2.75, 3.05) is 6.54 Å². The number of carbonyl (C=O) groups is 2. The molecular formula is C26H28F3N5O3. The number of carbonyl (C=O) groups excluding carboxylic acids is 2. The van der Waals surface area contributed by atoms with Crippen LogP contribution in [-0.2, 0) is 10.5 Å². The first-order chi connectivity index (χ1) is 17.4. The van der Waals surface area contributed by atoms with Crippen molar-refractivity contribution in [2.24, 2.45) is 10.2 Å². The molecule has 0 radical (unpaired) electrons. The van der Waals surface area contributed by atoms with Crippen molar-refractivity contribution in [3.8, 4) is 5.88 Å². The molecule has 2 aromatic rings. The molecule has 2 aliphatic heterocycles. The van der Waals surface area contributed by atoms with Gasteiger partial charge in [-0.2, -0.15) is 13.2 Å². The third kappa shape index (κ3) is 4.34. The van der Waals surface area contributed by atoms with E-state index in [1.54, 1.807) is 31.0 Å². The largest absolute Gasteiger partial charge is 0.462 e. The van der Waals surface area contributed by atoms with Crippen LogP contribution in [-0.4, -0.2) is 51.6 Å². The number of rotatable bonds is 6. The number of aryl methyl sites for hydroxylation is 1. The normalized spacial score (nSPS) is 24.1. The third-order valence-corrected chi connectivity index (χ3v) is 7.56. The number of fused-ring (bicyclic) bond motifs is 1. The van der Waals surface area contributed by atoms with Crippen LogP contribution in [0.3, 0.4) is 0 Å². The first-order valence-electron chi connectivity index (χ1n) is 12.2. The predicted octanol–water partition coefficient (Wildman–Crippen LogP) is 4.68. The van der Waals surface area contributed by atoms with Crippen molar-refractivity contribution in [2.45, 2.75) is 75.5 Å². The van der Waals surface area contributed by atoms with Gasteiger partial charge >= 0.3 is 11.8 Å². The molecule has 1 aromatic carbocycles. The second-order valence-corrected chi connectivity index (χ2v) is 10.5. The fourth-order valence-corrected chi connectivity index (χ4v) is 5.38. The predicted molar refractivity (Wildman–Crippen MR) is 127 cm³/mol. The number of ether oxygens (including phenoxy) is 1. The standard InChI is InChI=1S/C26H28F3N5O3/c1-16-6-11-20(30-15-16)37-23(2,3)22(36)31-24-12-4-5-19(24)34(14-13-24)21(35)17-7-9-18(10-8-17)25(32-33-25)26(27,28)29/h6-11,15,19H,4-5,12-14H2,1-3H3,(H,31,36)/t19-,24+/m0/s1. The Morgan fingerprint density at radius 1 is 1.08 bits per heavy atom. The lowest BCUT2D eigenvalue weighted by Crippen LogP contribution is -2.59. The molecule has 2 fully saturated rings. The molecule has 1 N–H and O–H groups in total. The van der Waals surface area contributed by atoms with E-state index >= 15 is 0 Å². The van der Waals surface area contributed by atoms with Crippen molar-refractivity contribution >= 4 is 11.8 Å². The van der Waals surface area contributed by atoms with E-state index in [1.165, 1.54) is 24.3 Å². The van der Waals surface area contributed by atoms with Gasteiger partial charge in [-0.15, -0.1) is 10.2 Å². The zero-order chi connectivity index (χ0) is 26.6. The van der Waals surface area contributed by atoms with Crippen LogP contribution in [0.25, 0.3) is 0 Å². The Hall–Kier alpha value is -3.50. The van der Waals surface area contributed by atoms with E-state index in [1.807, 2.05) is 13.0 Å². The Balaban J connectivity index is 1.28. The summed E-state index contributed by atoms with van der Waals surface area (Å²) < 4.78 is 45.8. The number of pyridine rings is 1. The monoisotopic (exact) mass is 515 g/mol. The van der Waals surface area contributed by atoms with E-state index in [-0.39, 0.29) is 29.0 Å². The number of hydrogen-bond donors (Lipinski definition) is 1. The molecule has 11 heteroatoms.